The molecule has 0 radical (unpaired) electrons. The van der Waals surface area contributed by atoms with Crippen molar-refractivity contribution in [3.63, 3.8) is 0 Å². The minimum atomic E-state index is -0.308. The maximum Gasteiger partial charge on any atom is 0.230 e. The van der Waals surface area contributed by atoms with E-state index in [1.807, 2.05) is 43.3 Å². The molecule has 0 spiro atoms. The van der Waals surface area contributed by atoms with E-state index in [1.54, 1.807) is 18.0 Å². The second kappa shape index (κ2) is 6.20. The van der Waals surface area contributed by atoms with Gasteiger partial charge < -0.3 is 10.2 Å². The van der Waals surface area contributed by atoms with Gasteiger partial charge in [0, 0.05) is 25.6 Å². The first-order chi connectivity index (χ1) is 11.0. The van der Waals surface area contributed by atoms with E-state index >= 15 is 0 Å². The number of aryl methyl sites for hydroxylation is 1. The Morgan fingerprint density at radius 3 is 2.61 bits per heavy atom. The van der Waals surface area contributed by atoms with Gasteiger partial charge in [0.15, 0.2) is 0 Å². The minimum absolute atomic E-state index is 0.00603. The highest BCUT2D eigenvalue weighted by atomic mass is 16.2. The molecule has 1 unspecified atom stereocenters. The number of rotatable bonds is 3. The molecule has 0 bridgehead atoms. The highest BCUT2D eigenvalue weighted by molar-refractivity contribution is 5.96. The number of carbonyl (C=O) groups excluding carboxylic acids is 2. The van der Waals surface area contributed by atoms with Crippen LogP contribution in [0.4, 0.5) is 5.82 Å². The van der Waals surface area contributed by atoms with E-state index in [-0.39, 0.29) is 24.2 Å². The predicted octanol–water partition coefficient (Wildman–Crippen LogP) is 2.47. The third-order valence-corrected chi connectivity index (χ3v) is 4.06. The fourth-order valence-electron chi connectivity index (χ4n) is 2.66. The van der Waals surface area contributed by atoms with Gasteiger partial charge >= 0.3 is 0 Å². The highest BCUT2D eigenvalue weighted by Gasteiger charge is 2.32. The number of nitrogens with zero attached hydrogens (tertiary/aromatic N) is 2. The summed E-state index contributed by atoms with van der Waals surface area (Å²) in [5.74, 6) is 0.0511. The Bertz CT molecular complexity index is 740. The molecule has 1 aromatic heterocycles. The van der Waals surface area contributed by atoms with Crippen molar-refractivity contribution >= 4 is 17.6 Å². The van der Waals surface area contributed by atoms with Crippen LogP contribution >= 0.6 is 0 Å². The largest absolute Gasteiger partial charge is 0.345 e. The summed E-state index contributed by atoms with van der Waals surface area (Å²) in [5.41, 5.74) is 3.00. The third kappa shape index (κ3) is 3.39. The van der Waals surface area contributed by atoms with Crippen molar-refractivity contribution in [2.45, 2.75) is 13.3 Å². The molecule has 2 heterocycles. The number of likely N-dealkylation sites (tertiary alicyclic amines) is 1. The van der Waals surface area contributed by atoms with Crippen molar-refractivity contribution in [1.29, 1.82) is 0 Å². The van der Waals surface area contributed by atoms with Crippen molar-refractivity contribution in [2.24, 2.45) is 5.92 Å². The van der Waals surface area contributed by atoms with Crippen molar-refractivity contribution in [2.75, 3.05) is 18.9 Å². The van der Waals surface area contributed by atoms with Gasteiger partial charge in [0.25, 0.3) is 0 Å². The van der Waals surface area contributed by atoms with E-state index in [0.29, 0.717) is 12.4 Å². The first kappa shape index (κ1) is 15.2. The predicted molar refractivity (Wildman–Crippen MR) is 88.8 cm³/mol. The quantitative estimate of drug-likeness (QED) is 0.947. The van der Waals surface area contributed by atoms with Crippen LogP contribution in [0.1, 0.15) is 12.0 Å². The second-order valence-electron chi connectivity index (χ2n) is 5.94. The zero-order valence-electron chi connectivity index (χ0n) is 13.2. The maximum absolute atomic E-state index is 12.3. The van der Waals surface area contributed by atoms with E-state index in [2.05, 4.69) is 10.3 Å². The molecule has 23 heavy (non-hydrogen) atoms. The lowest BCUT2D eigenvalue weighted by atomic mass is 10.1. The average molecular weight is 309 g/mol. The lowest BCUT2D eigenvalue weighted by Gasteiger charge is -2.11. The van der Waals surface area contributed by atoms with Gasteiger partial charge in [0.1, 0.15) is 5.82 Å². The molecule has 1 aliphatic rings. The van der Waals surface area contributed by atoms with Gasteiger partial charge in [-0.05, 0) is 19.1 Å². The molecule has 5 nitrogen and oxygen atoms in total. The molecular weight excluding hydrogens is 290 g/mol. The summed E-state index contributed by atoms with van der Waals surface area (Å²) in [7, 11) is 1.71. The number of benzene rings is 1. The normalized spacial score (nSPS) is 17.4. The van der Waals surface area contributed by atoms with Crippen molar-refractivity contribution in [3.8, 4) is 11.3 Å². The summed E-state index contributed by atoms with van der Waals surface area (Å²) in [5, 5.41) is 2.82. The van der Waals surface area contributed by atoms with Crippen molar-refractivity contribution in [3.05, 3.63) is 48.0 Å². The van der Waals surface area contributed by atoms with Gasteiger partial charge in [0.2, 0.25) is 11.8 Å². The zero-order valence-corrected chi connectivity index (χ0v) is 13.2. The number of pyridine rings is 1. The molecule has 5 heteroatoms. The number of hydrogen-bond acceptors (Lipinski definition) is 3. The fraction of sp³-hybridized carbons (Fsp3) is 0.278. The van der Waals surface area contributed by atoms with Gasteiger partial charge in [-0.25, -0.2) is 4.98 Å². The van der Waals surface area contributed by atoms with Gasteiger partial charge in [0.05, 0.1) is 11.6 Å². The van der Waals surface area contributed by atoms with Crippen LogP contribution < -0.4 is 5.32 Å². The molecule has 118 valence electrons. The minimum Gasteiger partial charge on any atom is -0.345 e. The lowest BCUT2D eigenvalue weighted by Crippen LogP contribution is -2.26. The zero-order chi connectivity index (χ0) is 16.4. The summed E-state index contributed by atoms with van der Waals surface area (Å²) in [4.78, 5) is 29.9. The molecule has 1 N–H and O–H groups in total. The molecule has 2 aromatic rings. The van der Waals surface area contributed by atoms with E-state index in [0.717, 1.165) is 11.3 Å². The van der Waals surface area contributed by atoms with Crippen molar-refractivity contribution < 1.29 is 9.59 Å². The van der Waals surface area contributed by atoms with Crippen LogP contribution in [-0.2, 0) is 9.59 Å². The Hall–Kier alpha value is -2.69. The summed E-state index contributed by atoms with van der Waals surface area (Å²) >= 11 is 0. The monoisotopic (exact) mass is 309 g/mol. The molecule has 1 fully saturated rings. The summed E-state index contributed by atoms with van der Waals surface area (Å²) in [6.45, 7) is 2.50. The molecular formula is C18H19N3O2. The smallest absolute Gasteiger partial charge is 0.230 e. The molecule has 0 aliphatic carbocycles. The number of hydrogen-bond donors (Lipinski definition) is 1. The van der Waals surface area contributed by atoms with Crippen LogP contribution in [-0.4, -0.2) is 35.3 Å². The van der Waals surface area contributed by atoms with Crippen LogP contribution in [0, 0.1) is 12.8 Å². The third-order valence-electron chi connectivity index (χ3n) is 4.06. The summed E-state index contributed by atoms with van der Waals surface area (Å²) in [6.07, 6.45) is 0.264. The van der Waals surface area contributed by atoms with Crippen molar-refractivity contribution in [1.82, 2.24) is 9.88 Å². The van der Waals surface area contributed by atoms with Crippen LogP contribution in [0.5, 0.6) is 0 Å². The van der Waals surface area contributed by atoms with E-state index < -0.39 is 0 Å². The SMILES string of the molecule is Cc1ccc(-c2cccc(NC(=O)C3CC(=O)N(C)C3)n2)cc1. The number of aromatic nitrogens is 1. The average Bonchev–Trinajstić information content (AvgIpc) is 2.88. The Morgan fingerprint density at radius 2 is 1.96 bits per heavy atom. The topological polar surface area (TPSA) is 62.3 Å². The standard InChI is InChI=1S/C18H19N3O2/c1-12-6-8-13(9-7-12)15-4-3-5-16(19-15)20-18(23)14-10-17(22)21(2)11-14/h3-9,14H,10-11H2,1-2H3,(H,19,20,23). The Labute approximate surface area is 135 Å². The van der Waals surface area contributed by atoms with E-state index in [4.69, 9.17) is 0 Å². The molecule has 1 saturated heterocycles. The van der Waals surface area contributed by atoms with E-state index in [1.165, 1.54) is 5.56 Å². The number of carbonyl (C=O) groups is 2. The number of anilines is 1. The molecule has 2 amide bonds. The Balaban J connectivity index is 1.74. The van der Waals surface area contributed by atoms with Gasteiger partial charge in [-0.15, -0.1) is 0 Å². The van der Waals surface area contributed by atoms with E-state index in [9.17, 15) is 9.59 Å². The van der Waals surface area contributed by atoms with Gasteiger partial charge in [-0.3, -0.25) is 9.59 Å². The van der Waals surface area contributed by atoms with Gasteiger partial charge in [-0.1, -0.05) is 35.9 Å². The highest BCUT2D eigenvalue weighted by Crippen LogP contribution is 2.21. The van der Waals surface area contributed by atoms with Crippen LogP contribution in [0.25, 0.3) is 11.3 Å². The Morgan fingerprint density at radius 1 is 1.22 bits per heavy atom. The molecule has 3 rings (SSSR count). The molecule has 1 aromatic carbocycles. The lowest BCUT2D eigenvalue weighted by molar-refractivity contribution is -0.127. The fourth-order valence-corrected chi connectivity index (χ4v) is 2.66. The molecule has 1 aliphatic heterocycles. The Kier molecular flexibility index (Phi) is 4.10. The first-order valence-electron chi connectivity index (χ1n) is 7.62. The molecule has 0 saturated carbocycles. The number of nitrogens with one attached hydrogen (secondary N) is 1. The van der Waals surface area contributed by atoms with Crippen LogP contribution in [0.2, 0.25) is 0 Å². The number of amides is 2. The summed E-state index contributed by atoms with van der Waals surface area (Å²) < 4.78 is 0. The first-order valence-corrected chi connectivity index (χ1v) is 7.62. The second-order valence-corrected chi connectivity index (χ2v) is 5.94. The summed E-state index contributed by atoms with van der Waals surface area (Å²) in [6, 6.07) is 13.6. The van der Waals surface area contributed by atoms with Crippen LogP contribution in [0.3, 0.4) is 0 Å². The van der Waals surface area contributed by atoms with Gasteiger partial charge in [-0.2, -0.15) is 0 Å². The maximum atomic E-state index is 12.3. The van der Waals surface area contributed by atoms with Crippen LogP contribution in [0.15, 0.2) is 42.5 Å². The molecule has 1 atom stereocenters.